The zero-order valence-corrected chi connectivity index (χ0v) is 16.0. The summed E-state index contributed by atoms with van der Waals surface area (Å²) in [6.45, 7) is 3.56. The molecule has 4 heterocycles. The topological polar surface area (TPSA) is 65.4 Å². The molecule has 2 aromatic heterocycles. The molecular weight excluding hydrogens is 383 g/mol. The fourth-order valence-electron chi connectivity index (χ4n) is 4.44. The molecule has 0 aliphatic carbocycles. The van der Waals surface area contributed by atoms with Crippen LogP contribution < -0.4 is 4.90 Å². The fraction of sp³-hybridized carbons (Fsp3) is 0.550. The van der Waals surface area contributed by atoms with Gasteiger partial charge in [-0.05, 0) is 49.9 Å². The Kier molecular flexibility index (Phi) is 5.44. The molecule has 0 aromatic carbocycles. The molecular formula is C20H24F3N5O. The zero-order chi connectivity index (χ0) is 20.5. The third-order valence-electron chi connectivity index (χ3n) is 5.95. The molecule has 2 saturated heterocycles. The normalized spacial score (nSPS) is 22.8. The number of aliphatic hydroxyl groups is 1. The number of pyridine rings is 1. The molecule has 29 heavy (non-hydrogen) atoms. The molecule has 0 saturated carbocycles. The van der Waals surface area contributed by atoms with E-state index < -0.39 is 17.8 Å². The molecule has 2 aromatic rings. The van der Waals surface area contributed by atoms with Crippen LogP contribution in [0.4, 0.5) is 19.0 Å². The predicted molar refractivity (Wildman–Crippen MR) is 101 cm³/mol. The lowest BCUT2D eigenvalue weighted by molar-refractivity contribution is -0.137. The number of anilines is 1. The Bertz CT molecular complexity index is 807. The first-order valence-electron chi connectivity index (χ1n) is 9.77. The van der Waals surface area contributed by atoms with Gasteiger partial charge in [0, 0.05) is 38.2 Å². The molecule has 2 aliphatic rings. The van der Waals surface area contributed by atoms with Crippen molar-refractivity contribution in [3.63, 3.8) is 0 Å². The second kappa shape index (κ2) is 7.87. The van der Waals surface area contributed by atoms with Crippen LogP contribution in [0.15, 0.2) is 36.9 Å². The van der Waals surface area contributed by atoms with Gasteiger partial charge in [0.05, 0.1) is 23.6 Å². The number of aliphatic hydroxyl groups excluding tert-OH is 1. The molecule has 156 valence electrons. The van der Waals surface area contributed by atoms with E-state index in [1.807, 2.05) is 0 Å². The first-order chi connectivity index (χ1) is 13.8. The summed E-state index contributed by atoms with van der Waals surface area (Å²) in [4.78, 5) is 16.8. The van der Waals surface area contributed by atoms with Gasteiger partial charge in [0.15, 0.2) is 0 Å². The van der Waals surface area contributed by atoms with Gasteiger partial charge in [0.2, 0.25) is 0 Å². The van der Waals surface area contributed by atoms with Crippen LogP contribution in [-0.4, -0.2) is 57.2 Å². The number of nitrogens with zero attached hydrogens (tertiary/aromatic N) is 5. The molecule has 4 rings (SSSR count). The Labute approximate surface area is 167 Å². The number of halogens is 3. The molecule has 1 unspecified atom stereocenters. The summed E-state index contributed by atoms with van der Waals surface area (Å²) in [7, 11) is 0. The van der Waals surface area contributed by atoms with Gasteiger partial charge in [0.1, 0.15) is 5.82 Å². The molecule has 6 nitrogen and oxygen atoms in total. The maximum atomic E-state index is 12.7. The maximum Gasteiger partial charge on any atom is 0.417 e. The Balaban J connectivity index is 1.37. The highest BCUT2D eigenvalue weighted by atomic mass is 19.4. The summed E-state index contributed by atoms with van der Waals surface area (Å²) in [5.41, 5.74) is -0.0721. The summed E-state index contributed by atoms with van der Waals surface area (Å²) in [6, 6.07) is 2.54. The van der Waals surface area contributed by atoms with Crippen molar-refractivity contribution in [2.75, 3.05) is 31.1 Å². The van der Waals surface area contributed by atoms with Gasteiger partial charge in [-0.3, -0.25) is 14.9 Å². The number of β-amino-alcohol motifs (C(OH)–C–C–N with tert-alkyl or cyclic N) is 1. The first kappa shape index (κ1) is 20.0. The van der Waals surface area contributed by atoms with Crippen LogP contribution in [0, 0.1) is 5.41 Å². The number of likely N-dealkylation sites (tertiary alicyclic amines) is 1. The number of aromatic nitrogens is 3. The number of hydrogen-bond donors (Lipinski definition) is 1. The summed E-state index contributed by atoms with van der Waals surface area (Å²) in [5, 5.41) is 10.4. The minimum atomic E-state index is -4.36. The van der Waals surface area contributed by atoms with E-state index in [-0.39, 0.29) is 5.41 Å². The molecule has 2 aliphatic heterocycles. The quantitative estimate of drug-likeness (QED) is 0.844. The highest BCUT2D eigenvalue weighted by Crippen LogP contribution is 2.41. The van der Waals surface area contributed by atoms with Crippen LogP contribution in [0.2, 0.25) is 0 Å². The van der Waals surface area contributed by atoms with E-state index in [4.69, 9.17) is 0 Å². The van der Waals surface area contributed by atoms with E-state index >= 15 is 0 Å². The van der Waals surface area contributed by atoms with E-state index in [9.17, 15) is 18.3 Å². The van der Waals surface area contributed by atoms with Gasteiger partial charge in [-0.2, -0.15) is 13.2 Å². The molecule has 9 heteroatoms. The molecule has 1 atom stereocenters. The minimum Gasteiger partial charge on any atom is -0.391 e. The van der Waals surface area contributed by atoms with Crippen LogP contribution in [0.1, 0.15) is 30.5 Å². The lowest BCUT2D eigenvalue weighted by Crippen LogP contribution is -2.54. The number of rotatable bonds is 3. The molecule has 1 N–H and O–H groups in total. The largest absolute Gasteiger partial charge is 0.417 e. The van der Waals surface area contributed by atoms with E-state index in [0.717, 1.165) is 57.0 Å². The number of piperidine rings is 2. The summed E-state index contributed by atoms with van der Waals surface area (Å²) in [6.07, 6.45) is 3.73. The SMILES string of the molecule is OC1CN(c2cnccn2)CC2(CCN(Cc3ccc(C(F)(F)F)cn3)CC2)C1. The van der Waals surface area contributed by atoms with E-state index in [0.29, 0.717) is 18.8 Å². The maximum absolute atomic E-state index is 12.7. The third-order valence-corrected chi connectivity index (χ3v) is 5.95. The van der Waals surface area contributed by atoms with Crippen LogP contribution >= 0.6 is 0 Å². The van der Waals surface area contributed by atoms with Crippen molar-refractivity contribution in [1.82, 2.24) is 19.9 Å². The number of hydrogen-bond acceptors (Lipinski definition) is 6. The molecule has 0 radical (unpaired) electrons. The van der Waals surface area contributed by atoms with Gasteiger partial charge in [-0.1, -0.05) is 0 Å². The van der Waals surface area contributed by atoms with Crippen LogP contribution in [0.5, 0.6) is 0 Å². The highest BCUT2D eigenvalue weighted by molar-refractivity contribution is 5.37. The van der Waals surface area contributed by atoms with Gasteiger partial charge in [0.25, 0.3) is 0 Å². The fourth-order valence-corrected chi connectivity index (χ4v) is 4.44. The monoisotopic (exact) mass is 407 g/mol. The molecule has 2 fully saturated rings. The summed E-state index contributed by atoms with van der Waals surface area (Å²) < 4.78 is 38.1. The molecule has 1 spiro atoms. The van der Waals surface area contributed by atoms with Crippen molar-refractivity contribution in [3.05, 3.63) is 48.2 Å². The van der Waals surface area contributed by atoms with Crippen molar-refractivity contribution in [3.8, 4) is 0 Å². The van der Waals surface area contributed by atoms with Gasteiger partial charge in [-0.15, -0.1) is 0 Å². The zero-order valence-electron chi connectivity index (χ0n) is 16.0. The average Bonchev–Trinajstić information content (AvgIpc) is 2.70. The van der Waals surface area contributed by atoms with Gasteiger partial charge in [-0.25, -0.2) is 4.98 Å². The standard InChI is InChI=1S/C20H24F3N5O/c21-20(22,23)15-1-2-16(26-10-15)12-27-7-3-19(4-8-27)9-17(29)13-28(14-19)18-11-24-5-6-25-18/h1-2,5-6,10-11,17,29H,3-4,7-9,12-14H2. The van der Waals surface area contributed by atoms with Crippen molar-refractivity contribution in [1.29, 1.82) is 0 Å². The van der Waals surface area contributed by atoms with Crippen LogP contribution in [0.3, 0.4) is 0 Å². The van der Waals surface area contributed by atoms with Crippen molar-refractivity contribution < 1.29 is 18.3 Å². The lowest BCUT2D eigenvalue weighted by atomic mass is 9.71. The second-order valence-corrected chi connectivity index (χ2v) is 8.11. The lowest BCUT2D eigenvalue weighted by Gasteiger charge is -2.49. The Morgan fingerprint density at radius 2 is 1.90 bits per heavy atom. The second-order valence-electron chi connectivity index (χ2n) is 8.11. The van der Waals surface area contributed by atoms with Crippen molar-refractivity contribution >= 4 is 5.82 Å². The highest BCUT2D eigenvalue weighted by Gasteiger charge is 2.42. The Morgan fingerprint density at radius 3 is 2.52 bits per heavy atom. The smallest absolute Gasteiger partial charge is 0.391 e. The molecule has 0 bridgehead atoms. The first-order valence-corrected chi connectivity index (χ1v) is 9.77. The van der Waals surface area contributed by atoms with Gasteiger partial charge >= 0.3 is 6.18 Å². The van der Waals surface area contributed by atoms with E-state index in [2.05, 4.69) is 24.8 Å². The van der Waals surface area contributed by atoms with E-state index in [1.54, 1.807) is 18.6 Å². The van der Waals surface area contributed by atoms with Crippen molar-refractivity contribution in [2.24, 2.45) is 5.41 Å². The molecule has 0 amide bonds. The predicted octanol–water partition coefficient (Wildman–Crippen LogP) is 2.74. The van der Waals surface area contributed by atoms with Crippen LogP contribution in [0.25, 0.3) is 0 Å². The van der Waals surface area contributed by atoms with Crippen LogP contribution in [-0.2, 0) is 12.7 Å². The van der Waals surface area contributed by atoms with Gasteiger partial charge < -0.3 is 10.0 Å². The Morgan fingerprint density at radius 1 is 1.10 bits per heavy atom. The Hall–Kier alpha value is -2.26. The number of alkyl halides is 3. The van der Waals surface area contributed by atoms with E-state index in [1.165, 1.54) is 6.07 Å². The minimum absolute atomic E-state index is 0.0132. The summed E-state index contributed by atoms with van der Waals surface area (Å²) in [5.74, 6) is 0.780. The average molecular weight is 407 g/mol. The third kappa shape index (κ3) is 4.67. The van der Waals surface area contributed by atoms with Crippen molar-refractivity contribution in [2.45, 2.75) is 38.1 Å². The summed E-state index contributed by atoms with van der Waals surface area (Å²) >= 11 is 0.